The van der Waals surface area contributed by atoms with Gasteiger partial charge in [0.05, 0.1) is 24.4 Å². The van der Waals surface area contributed by atoms with Crippen molar-refractivity contribution in [2.75, 3.05) is 19.8 Å². The summed E-state index contributed by atoms with van der Waals surface area (Å²) in [5.41, 5.74) is 5.14. The molecule has 4 aromatic carbocycles. The summed E-state index contributed by atoms with van der Waals surface area (Å²) >= 11 is 0. The van der Waals surface area contributed by atoms with Crippen LogP contribution in [0.3, 0.4) is 0 Å². The Morgan fingerprint density at radius 1 is 0.446 bits per heavy atom. The van der Waals surface area contributed by atoms with Crippen molar-refractivity contribution in [3.63, 3.8) is 0 Å². The van der Waals surface area contributed by atoms with E-state index in [4.69, 9.17) is 18.9 Å². The number of aryl methyl sites for hydroxylation is 2. The first-order valence-electron chi connectivity index (χ1n) is 29.5. The molecular formula is C68H102O6. The van der Waals surface area contributed by atoms with Crippen LogP contribution in [0.15, 0.2) is 121 Å². The molecule has 74 heavy (non-hydrogen) atoms. The molecule has 0 heterocycles. The molecule has 6 nitrogen and oxygen atoms in total. The van der Waals surface area contributed by atoms with Crippen LogP contribution in [0.2, 0.25) is 0 Å². The molecule has 0 bridgehead atoms. The molecule has 0 aliphatic rings. The summed E-state index contributed by atoms with van der Waals surface area (Å²) in [6.45, 7) is 15.6. The van der Waals surface area contributed by atoms with Gasteiger partial charge < -0.3 is 29.2 Å². The van der Waals surface area contributed by atoms with Crippen molar-refractivity contribution >= 4 is 0 Å². The Hall–Kier alpha value is -4.36. The molecule has 0 fully saturated rings. The molecule has 0 aromatic heterocycles. The summed E-state index contributed by atoms with van der Waals surface area (Å²) < 4.78 is 24.6. The number of rotatable bonds is 42. The SMILES string of the molecule is CCCC/C=C/CCCCCCCCCc1cccc(OCC(O)COC(C)(C)c2ccc(C(C)(C)c3ccc(OC(C)CC(O)COc4cccc(CCCCCCCCC/C=C/CCCC)c4)cc3)cc2)c1. The number of hydrogen-bond acceptors (Lipinski definition) is 6. The molecule has 4 rings (SSSR count). The number of benzene rings is 4. The number of unbranched alkanes of at least 4 members (excludes halogenated alkanes) is 18. The number of ether oxygens (including phenoxy) is 4. The van der Waals surface area contributed by atoms with Crippen LogP contribution >= 0.6 is 0 Å². The molecular weight excluding hydrogens is 913 g/mol. The Labute approximate surface area is 451 Å². The van der Waals surface area contributed by atoms with Gasteiger partial charge >= 0.3 is 0 Å². The molecule has 0 aliphatic heterocycles. The van der Waals surface area contributed by atoms with Crippen molar-refractivity contribution in [2.24, 2.45) is 0 Å². The Morgan fingerprint density at radius 2 is 0.851 bits per heavy atom. The third-order valence-corrected chi connectivity index (χ3v) is 14.6. The minimum Gasteiger partial charge on any atom is -0.491 e. The second-order valence-electron chi connectivity index (χ2n) is 22.2. The van der Waals surface area contributed by atoms with E-state index in [2.05, 4.69) is 119 Å². The lowest BCUT2D eigenvalue weighted by Crippen LogP contribution is -2.30. The van der Waals surface area contributed by atoms with Crippen molar-refractivity contribution in [2.45, 2.75) is 238 Å². The van der Waals surface area contributed by atoms with Gasteiger partial charge in [0, 0.05) is 11.8 Å². The first kappa shape index (κ1) is 62.2. The average molecular weight is 1020 g/mol. The third-order valence-electron chi connectivity index (χ3n) is 14.6. The highest BCUT2D eigenvalue weighted by molar-refractivity contribution is 5.41. The maximum Gasteiger partial charge on any atom is 0.119 e. The Morgan fingerprint density at radius 3 is 1.32 bits per heavy atom. The first-order chi connectivity index (χ1) is 35.9. The van der Waals surface area contributed by atoms with E-state index in [1.54, 1.807) is 0 Å². The van der Waals surface area contributed by atoms with Crippen LogP contribution in [0.25, 0.3) is 0 Å². The average Bonchev–Trinajstić information content (AvgIpc) is 3.40. The van der Waals surface area contributed by atoms with Crippen molar-refractivity contribution in [3.05, 3.63) is 149 Å². The van der Waals surface area contributed by atoms with Crippen molar-refractivity contribution in [1.82, 2.24) is 0 Å². The van der Waals surface area contributed by atoms with E-state index >= 15 is 0 Å². The number of hydrogen-bond donors (Lipinski definition) is 2. The summed E-state index contributed by atoms with van der Waals surface area (Å²) in [6.07, 6.45) is 38.8. The van der Waals surface area contributed by atoms with Gasteiger partial charge in [-0.05, 0) is 149 Å². The lowest BCUT2D eigenvalue weighted by atomic mass is 9.77. The van der Waals surface area contributed by atoms with Crippen molar-refractivity contribution < 1.29 is 29.2 Å². The van der Waals surface area contributed by atoms with E-state index in [1.165, 1.54) is 164 Å². The predicted octanol–water partition coefficient (Wildman–Crippen LogP) is 18.1. The molecule has 0 amide bonds. The predicted molar refractivity (Wildman–Crippen MR) is 313 cm³/mol. The maximum absolute atomic E-state index is 10.9. The summed E-state index contributed by atoms with van der Waals surface area (Å²) in [5.74, 6) is 2.38. The Kier molecular flexibility index (Phi) is 30.7. The van der Waals surface area contributed by atoms with Crippen LogP contribution in [-0.4, -0.2) is 48.3 Å². The smallest absolute Gasteiger partial charge is 0.119 e. The third kappa shape index (κ3) is 25.9. The van der Waals surface area contributed by atoms with E-state index in [1.807, 2.05) is 51.1 Å². The van der Waals surface area contributed by atoms with Gasteiger partial charge in [-0.15, -0.1) is 0 Å². The highest BCUT2D eigenvalue weighted by atomic mass is 16.5. The van der Waals surface area contributed by atoms with E-state index in [0.29, 0.717) is 6.42 Å². The number of allylic oxidation sites excluding steroid dienone is 4. The van der Waals surface area contributed by atoms with Gasteiger partial charge in [-0.1, -0.05) is 203 Å². The van der Waals surface area contributed by atoms with E-state index in [0.717, 1.165) is 35.7 Å². The fraction of sp³-hybridized carbons (Fsp3) is 0.588. The van der Waals surface area contributed by atoms with Gasteiger partial charge in [0.1, 0.15) is 36.6 Å². The van der Waals surface area contributed by atoms with Crippen molar-refractivity contribution in [1.29, 1.82) is 0 Å². The quantitative estimate of drug-likeness (QED) is 0.0340. The van der Waals surface area contributed by atoms with Crippen LogP contribution in [0.5, 0.6) is 17.2 Å². The molecule has 0 aliphatic carbocycles. The monoisotopic (exact) mass is 1010 g/mol. The van der Waals surface area contributed by atoms with E-state index in [9.17, 15) is 10.2 Å². The largest absolute Gasteiger partial charge is 0.491 e. The Balaban J connectivity index is 1.09. The maximum atomic E-state index is 10.9. The van der Waals surface area contributed by atoms with Crippen LogP contribution in [0, 0.1) is 0 Å². The fourth-order valence-corrected chi connectivity index (χ4v) is 9.60. The first-order valence-corrected chi connectivity index (χ1v) is 29.5. The summed E-state index contributed by atoms with van der Waals surface area (Å²) in [7, 11) is 0. The zero-order valence-corrected chi connectivity index (χ0v) is 47.6. The molecule has 0 spiro atoms. The molecule has 3 atom stereocenters. The van der Waals surface area contributed by atoms with Gasteiger partial charge in [0.2, 0.25) is 0 Å². The molecule has 2 N–H and O–H groups in total. The van der Waals surface area contributed by atoms with E-state index < -0.39 is 17.8 Å². The second kappa shape index (κ2) is 36.6. The van der Waals surface area contributed by atoms with Gasteiger partial charge in [0.25, 0.3) is 0 Å². The van der Waals surface area contributed by atoms with Crippen molar-refractivity contribution in [3.8, 4) is 17.2 Å². The highest BCUT2D eigenvalue weighted by Crippen LogP contribution is 2.35. The summed E-state index contributed by atoms with van der Waals surface area (Å²) in [5, 5.41) is 21.7. The zero-order chi connectivity index (χ0) is 53.1. The van der Waals surface area contributed by atoms with Gasteiger partial charge in [-0.25, -0.2) is 0 Å². The molecule has 3 unspecified atom stereocenters. The van der Waals surface area contributed by atoms with Gasteiger partial charge in [0.15, 0.2) is 0 Å². The molecule has 4 aromatic rings. The number of aliphatic hydroxyl groups is 2. The Bertz CT molecular complexity index is 2080. The summed E-state index contributed by atoms with van der Waals surface area (Å²) in [6, 6.07) is 33.6. The van der Waals surface area contributed by atoms with Gasteiger partial charge in [-0.3, -0.25) is 0 Å². The van der Waals surface area contributed by atoms with Crippen LogP contribution < -0.4 is 14.2 Å². The minimum absolute atomic E-state index is 0.169. The van der Waals surface area contributed by atoms with Crippen LogP contribution in [0.4, 0.5) is 0 Å². The normalized spacial score (nSPS) is 13.4. The van der Waals surface area contributed by atoms with Crippen LogP contribution in [-0.2, 0) is 28.6 Å². The minimum atomic E-state index is -0.752. The number of aliphatic hydroxyl groups excluding tert-OH is 2. The lowest BCUT2D eigenvalue weighted by Gasteiger charge is -2.30. The molecule has 0 saturated carbocycles. The van der Waals surface area contributed by atoms with E-state index in [-0.39, 0.29) is 31.3 Å². The van der Waals surface area contributed by atoms with Crippen LogP contribution in [0.1, 0.15) is 224 Å². The highest BCUT2D eigenvalue weighted by Gasteiger charge is 2.27. The summed E-state index contributed by atoms with van der Waals surface area (Å²) in [4.78, 5) is 0. The zero-order valence-electron chi connectivity index (χ0n) is 47.6. The molecule has 6 heteroatoms. The fourth-order valence-electron chi connectivity index (χ4n) is 9.60. The van der Waals surface area contributed by atoms with Gasteiger partial charge in [-0.2, -0.15) is 0 Å². The second-order valence-corrected chi connectivity index (χ2v) is 22.2. The standard InChI is InChI=1S/C68H102O6/c1-8-10-12-14-16-18-20-22-24-26-28-30-32-36-57-38-34-40-65(51-57)71-53-62(69)50-56(3)74-64-48-46-60(47-49-64)67(4,5)59-42-44-61(45-43-59)68(6,7)73-55-63(70)54-72-66-41-35-39-58(52-66)37-33-31-29-27-25-23-21-19-17-15-13-11-9-2/h14-17,34-35,38-49,51-52,56,62-63,69-70H,8-13,18-33,36-37,50,53-55H2,1-7H3/b16-14+,17-15+. The lowest BCUT2D eigenvalue weighted by molar-refractivity contribution is -0.0717. The molecule has 0 saturated heterocycles. The topological polar surface area (TPSA) is 77.4 Å². The molecule has 0 radical (unpaired) electrons. The molecule has 410 valence electrons.